The van der Waals surface area contributed by atoms with Gasteiger partial charge in [-0.1, -0.05) is 6.07 Å². The van der Waals surface area contributed by atoms with Gasteiger partial charge in [0.2, 0.25) is 0 Å². The van der Waals surface area contributed by atoms with Gasteiger partial charge in [0, 0.05) is 49.5 Å². The van der Waals surface area contributed by atoms with Crippen molar-refractivity contribution in [1.82, 2.24) is 4.90 Å². The minimum atomic E-state index is -2.91. The summed E-state index contributed by atoms with van der Waals surface area (Å²) in [4.78, 5) is 17.1. The van der Waals surface area contributed by atoms with Crippen LogP contribution >= 0.6 is 0 Å². The van der Waals surface area contributed by atoms with Crippen molar-refractivity contribution in [3.63, 3.8) is 0 Å². The largest absolute Gasteiger partial charge is 0.381 e. The molecule has 3 aliphatic heterocycles. The zero-order chi connectivity index (χ0) is 18.2. The van der Waals surface area contributed by atoms with Crippen LogP contribution in [0.15, 0.2) is 24.3 Å². The van der Waals surface area contributed by atoms with Gasteiger partial charge >= 0.3 is 0 Å². The van der Waals surface area contributed by atoms with Crippen molar-refractivity contribution in [3.05, 3.63) is 29.8 Å². The number of carbonyl (C=O) groups is 1. The van der Waals surface area contributed by atoms with E-state index in [0.717, 1.165) is 51.3 Å². The van der Waals surface area contributed by atoms with Crippen molar-refractivity contribution in [1.29, 1.82) is 0 Å². The van der Waals surface area contributed by atoms with Gasteiger partial charge in [0.1, 0.15) is 0 Å². The van der Waals surface area contributed by atoms with Crippen molar-refractivity contribution >= 4 is 21.4 Å². The van der Waals surface area contributed by atoms with Crippen LogP contribution in [-0.4, -0.2) is 70.1 Å². The average Bonchev–Trinajstić information content (AvgIpc) is 3.08. The molecule has 1 amide bonds. The Morgan fingerprint density at radius 2 is 1.92 bits per heavy atom. The number of ether oxygens (including phenoxy) is 1. The van der Waals surface area contributed by atoms with E-state index < -0.39 is 9.84 Å². The lowest BCUT2D eigenvalue weighted by atomic mass is 9.79. The van der Waals surface area contributed by atoms with Gasteiger partial charge in [0.05, 0.1) is 18.1 Å². The fraction of sp³-hybridized carbons (Fsp3) is 0.632. The number of hydrogen-bond acceptors (Lipinski definition) is 5. The molecule has 0 radical (unpaired) electrons. The normalized spacial score (nSPS) is 28.5. The minimum absolute atomic E-state index is 0.0717. The molecule has 0 bridgehead atoms. The smallest absolute Gasteiger partial charge is 0.253 e. The van der Waals surface area contributed by atoms with Gasteiger partial charge in [0.15, 0.2) is 9.84 Å². The number of hydrogen-bond donors (Lipinski definition) is 0. The monoisotopic (exact) mass is 378 g/mol. The Bertz CT molecular complexity index is 772. The molecule has 3 heterocycles. The first-order chi connectivity index (χ1) is 12.5. The topological polar surface area (TPSA) is 66.9 Å². The Hall–Kier alpha value is -1.60. The van der Waals surface area contributed by atoms with E-state index in [0.29, 0.717) is 18.7 Å². The SMILES string of the molecule is O=C(c1cccc(N2CCS(=O)(=O)CC2)c1)N1CCCC2(CCOC2)C1. The Morgan fingerprint density at radius 3 is 2.65 bits per heavy atom. The van der Waals surface area contributed by atoms with Crippen LogP contribution in [-0.2, 0) is 14.6 Å². The molecular weight excluding hydrogens is 352 g/mol. The van der Waals surface area contributed by atoms with E-state index in [9.17, 15) is 13.2 Å². The Kier molecular flexibility index (Phi) is 4.69. The molecule has 26 heavy (non-hydrogen) atoms. The first kappa shape index (κ1) is 17.8. The summed E-state index contributed by atoms with van der Waals surface area (Å²) in [6, 6.07) is 7.62. The average molecular weight is 378 g/mol. The van der Waals surface area contributed by atoms with Crippen LogP contribution in [0.25, 0.3) is 0 Å². The fourth-order valence-corrected chi connectivity index (χ4v) is 5.54. The van der Waals surface area contributed by atoms with E-state index in [-0.39, 0.29) is 22.8 Å². The standard InChI is InChI=1S/C19H26N2O4S/c22-18(21-7-2-5-19(14-21)6-10-25-15-19)16-3-1-4-17(13-16)20-8-11-26(23,24)12-9-20/h1,3-4,13H,2,5-12,14-15H2. The van der Waals surface area contributed by atoms with Crippen molar-refractivity contribution < 1.29 is 17.9 Å². The van der Waals surface area contributed by atoms with Crippen LogP contribution in [0.3, 0.4) is 0 Å². The van der Waals surface area contributed by atoms with Crippen LogP contribution in [0.1, 0.15) is 29.6 Å². The quantitative estimate of drug-likeness (QED) is 0.781. The summed E-state index contributed by atoms with van der Waals surface area (Å²) in [6.45, 7) is 4.12. The molecule has 0 N–H and O–H groups in total. The fourth-order valence-electron chi connectivity index (χ4n) is 4.34. The molecule has 4 rings (SSSR count). The number of carbonyl (C=O) groups excluding carboxylic acids is 1. The number of nitrogens with zero attached hydrogens (tertiary/aromatic N) is 2. The summed E-state index contributed by atoms with van der Waals surface area (Å²) in [6.07, 6.45) is 3.21. The molecule has 7 heteroatoms. The van der Waals surface area contributed by atoms with Crippen LogP contribution in [0.4, 0.5) is 5.69 Å². The molecule has 0 saturated carbocycles. The van der Waals surface area contributed by atoms with Gasteiger partial charge in [0.25, 0.3) is 5.91 Å². The van der Waals surface area contributed by atoms with Gasteiger partial charge in [-0.25, -0.2) is 8.42 Å². The predicted octanol–water partition coefficient (Wildman–Crippen LogP) is 1.56. The molecular formula is C19H26N2O4S. The van der Waals surface area contributed by atoms with Crippen LogP contribution in [0.2, 0.25) is 0 Å². The molecule has 1 spiro atoms. The molecule has 6 nitrogen and oxygen atoms in total. The third-order valence-electron chi connectivity index (χ3n) is 5.94. The first-order valence-electron chi connectivity index (χ1n) is 9.39. The number of benzene rings is 1. The Labute approximate surface area is 155 Å². The molecule has 1 aromatic carbocycles. The highest BCUT2D eigenvalue weighted by atomic mass is 32.2. The van der Waals surface area contributed by atoms with Gasteiger partial charge < -0.3 is 14.5 Å². The molecule has 0 aromatic heterocycles. The lowest BCUT2D eigenvalue weighted by Crippen LogP contribution is -2.46. The summed E-state index contributed by atoms with van der Waals surface area (Å²) < 4.78 is 28.9. The second-order valence-corrected chi connectivity index (χ2v) is 10.1. The molecule has 0 aliphatic carbocycles. The molecule has 1 aromatic rings. The maximum atomic E-state index is 13.0. The highest BCUT2D eigenvalue weighted by Gasteiger charge is 2.40. The molecule has 3 aliphatic rings. The Morgan fingerprint density at radius 1 is 1.12 bits per heavy atom. The second-order valence-electron chi connectivity index (χ2n) is 7.82. The number of amides is 1. The van der Waals surface area contributed by atoms with Crippen LogP contribution in [0, 0.1) is 5.41 Å². The second kappa shape index (κ2) is 6.85. The van der Waals surface area contributed by atoms with E-state index >= 15 is 0 Å². The maximum Gasteiger partial charge on any atom is 0.253 e. The number of anilines is 1. The molecule has 142 valence electrons. The zero-order valence-electron chi connectivity index (χ0n) is 15.0. The molecule has 3 saturated heterocycles. The highest BCUT2D eigenvalue weighted by Crippen LogP contribution is 2.38. The zero-order valence-corrected chi connectivity index (χ0v) is 15.8. The number of rotatable bonds is 2. The first-order valence-corrected chi connectivity index (χ1v) is 11.2. The van der Waals surface area contributed by atoms with Gasteiger partial charge in [-0.15, -0.1) is 0 Å². The maximum absolute atomic E-state index is 13.0. The van der Waals surface area contributed by atoms with Gasteiger partial charge in [-0.2, -0.15) is 0 Å². The van der Waals surface area contributed by atoms with Crippen LogP contribution < -0.4 is 4.90 Å². The van der Waals surface area contributed by atoms with Crippen molar-refractivity contribution in [3.8, 4) is 0 Å². The number of piperidine rings is 1. The molecule has 3 fully saturated rings. The number of sulfone groups is 1. The van der Waals surface area contributed by atoms with Crippen molar-refractivity contribution in [2.45, 2.75) is 19.3 Å². The lowest BCUT2D eigenvalue weighted by Gasteiger charge is -2.39. The van der Waals surface area contributed by atoms with E-state index in [2.05, 4.69) is 4.90 Å². The third kappa shape index (κ3) is 3.60. The van der Waals surface area contributed by atoms with Gasteiger partial charge in [-0.3, -0.25) is 4.79 Å². The Balaban J connectivity index is 1.48. The highest BCUT2D eigenvalue weighted by molar-refractivity contribution is 7.91. The van der Waals surface area contributed by atoms with E-state index in [1.54, 1.807) is 0 Å². The van der Waals surface area contributed by atoms with Crippen molar-refractivity contribution in [2.75, 3.05) is 55.8 Å². The van der Waals surface area contributed by atoms with E-state index in [1.807, 2.05) is 29.2 Å². The summed E-state index contributed by atoms with van der Waals surface area (Å²) >= 11 is 0. The summed E-state index contributed by atoms with van der Waals surface area (Å²) in [5.41, 5.74) is 1.76. The summed E-state index contributed by atoms with van der Waals surface area (Å²) in [5.74, 6) is 0.432. The van der Waals surface area contributed by atoms with E-state index in [4.69, 9.17) is 4.74 Å². The molecule has 1 unspecified atom stereocenters. The summed E-state index contributed by atoms with van der Waals surface area (Å²) in [7, 11) is -2.91. The lowest BCUT2D eigenvalue weighted by molar-refractivity contribution is 0.0462. The predicted molar refractivity (Wildman–Crippen MR) is 100 cm³/mol. The van der Waals surface area contributed by atoms with Gasteiger partial charge in [-0.05, 0) is 37.5 Å². The molecule has 1 atom stereocenters. The van der Waals surface area contributed by atoms with E-state index in [1.165, 1.54) is 0 Å². The minimum Gasteiger partial charge on any atom is -0.381 e. The summed E-state index contributed by atoms with van der Waals surface area (Å²) in [5, 5.41) is 0. The van der Waals surface area contributed by atoms with Crippen molar-refractivity contribution in [2.24, 2.45) is 5.41 Å². The van der Waals surface area contributed by atoms with Crippen LogP contribution in [0.5, 0.6) is 0 Å². The number of likely N-dealkylation sites (tertiary alicyclic amines) is 1. The third-order valence-corrected chi connectivity index (χ3v) is 7.55.